The summed E-state index contributed by atoms with van der Waals surface area (Å²) in [5.41, 5.74) is 1.60. The highest BCUT2D eigenvalue weighted by Gasteiger charge is 2.22. The number of halogens is 1. The topological polar surface area (TPSA) is 99.4 Å². The van der Waals surface area contributed by atoms with Crippen molar-refractivity contribution in [2.45, 2.75) is 32.7 Å². The largest absolute Gasteiger partial charge is 0.490 e. The molecule has 1 aliphatic rings. The summed E-state index contributed by atoms with van der Waals surface area (Å²) in [6.07, 6.45) is 5.57. The lowest BCUT2D eigenvalue weighted by molar-refractivity contribution is -0.119. The predicted molar refractivity (Wildman–Crippen MR) is 107 cm³/mol. The van der Waals surface area contributed by atoms with Gasteiger partial charge < -0.3 is 19.2 Å². The van der Waals surface area contributed by atoms with Gasteiger partial charge in [0, 0.05) is 13.0 Å². The maximum Gasteiger partial charge on any atom is 0.246 e. The Morgan fingerprint density at radius 2 is 2.14 bits per heavy atom. The molecule has 0 aliphatic heterocycles. The molecule has 0 aromatic carbocycles. The highest BCUT2D eigenvalue weighted by molar-refractivity contribution is 6.32. The second-order valence-corrected chi connectivity index (χ2v) is 7.58. The van der Waals surface area contributed by atoms with Crippen LogP contribution in [0.1, 0.15) is 26.7 Å². The number of aromatic nitrogens is 3. The summed E-state index contributed by atoms with van der Waals surface area (Å²) in [6, 6.07) is 3.19. The molecule has 3 heterocycles. The van der Waals surface area contributed by atoms with E-state index in [1.807, 2.05) is 6.92 Å². The first kappa shape index (κ1) is 19.4. The fourth-order valence-electron chi connectivity index (χ4n) is 2.73. The molecule has 1 amide bonds. The van der Waals surface area contributed by atoms with Crippen molar-refractivity contribution in [2.24, 2.45) is 5.92 Å². The summed E-state index contributed by atoms with van der Waals surface area (Å²) in [4.78, 5) is 24.0. The Labute approximate surface area is 172 Å². The fourth-order valence-corrected chi connectivity index (χ4v) is 2.94. The Kier molecular flexibility index (Phi) is 5.53. The Hall–Kier alpha value is -2.87. The quantitative estimate of drug-likeness (QED) is 0.598. The van der Waals surface area contributed by atoms with E-state index in [1.165, 1.54) is 19.8 Å². The first-order chi connectivity index (χ1) is 14.0. The summed E-state index contributed by atoms with van der Waals surface area (Å²) in [6.45, 7) is 4.26. The average molecular weight is 417 g/mol. The molecule has 1 fully saturated rings. The van der Waals surface area contributed by atoms with E-state index in [-0.39, 0.29) is 11.9 Å². The lowest BCUT2D eigenvalue weighted by Crippen LogP contribution is -2.35. The van der Waals surface area contributed by atoms with Gasteiger partial charge in [0.05, 0.1) is 30.1 Å². The molecule has 8 nitrogen and oxygen atoms in total. The third kappa shape index (κ3) is 4.95. The smallest absolute Gasteiger partial charge is 0.246 e. The molecule has 3 aromatic heterocycles. The van der Waals surface area contributed by atoms with E-state index < -0.39 is 0 Å². The van der Waals surface area contributed by atoms with Gasteiger partial charge in [0.15, 0.2) is 11.3 Å². The van der Waals surface area contributed by atoms with Gasteiger partial charge in [-0.15, -0.1) is 0 Å². The van der Waals surface area contributed by atoms with E-state index in [0.29, 0.717) is 58.5 Å². The van der Waals surface area contributed by atoms with E-state index in [0.717, 1.165) is 0 Å². The Bertz CT molecular complexity index is 1030. The minimum Gasteiger partial charge on any atom is -0.490 e. The molecule has 0 spiro atoms. The number of nitrogens with one attached hydrogen (secondary N) is 1. The summed E-state index contributed by atoms with van der Waals surface area (Å²) in [5, 5.41) is 3.21. The second-order valence-electron chi connectivity index (χ2n) is 7.18. The summed E-state index contributed by atoms with van der Waals surface area (Å²) in [7, 11) is 0. The Balaban J connectivity index is 1.46. The monoisotopic (exact) mass is 416 g/mol. The minimum atomic E-state index is -0.137. The normalized spacial score (nSPS) is 14.6. The maximum absolute atomic E-state index is 11.1. The zero-order chi connectivity index (χ0) is 20.4. The molecule has 0 unspecified atom stereocenters. The first-order valence-corrected chi connectivity index (χ1v) is 9.81. The van der Waals surface area contributed by atoms with Crippen LogP contribution in [0.2, 0.25) is 5.02 Å². The molecule has 1 saturated carbocycles. The molecule has 4 rings (SSSR count). The molecule has 1 N–H and O–H groups in total. The van der Waals surface area contributed by atoms with Gasteiger partial charge in [0.1, 0.15) is 17.8 Å². The van der Waals surface area contributed by atoms with Crippen molar-refractivity contribution in [2.75, 3.05) is 13.2 Å². The first-order valence-electron chi connectivity index (χ1n) is 9.43. The summed E-state index contributed by atoms with van der Waals surface area (Å²) in [5.74, 6) is 1.80. The number of carbonyl (C=O) groups is 1. The Morgan fingerprint density at radius 3 is 2.86 bits per heavy atom. The van der Waals surface area contributed by atoms with Crippen molar-refractivity contribution in [3.8, 4) is 23.2 Å². The number of hydrogen-bond donors (Lipinski definition) is 1. The van der Waals surface area contributed by atoms with E-state index >= 15 is 0 Å². The van der Waals surface area contributed by atoms with Gasteiger partial charge in [-0.2, -0.15) is 0 Å². The number of nitrogens with zero attached hydrogens (tertiary/aromatic N) is 3. The maximum atomic E-state index is 11.1. The lowest BCUT2D eigenvalue weighted by Gasteiger charge is -2.12. The molecule has 0 saturated heterocycles. The predicted octanol–water partition coefficient (Wildman–Crippen LogP) is 3.63. The van der Waals surface area contributed by atoms with Crippen LogP contribution in [0.3, 0.4) is 0 Å². The molecular weight excluding hydrogens is 396 g/mol. The molecule has 1 aliphatic carbocycles. The van der Waals surface area contributed by atoms with Crippen molar-refractivity contribution in [1.29, 1.82) is 0 Å². The van der Waals surface area contributed by atoms with Crippen LogP contribution in [-0.4, -0.2) is 40.1 Å². The Morgan fingerprint density at radius 1 is 1.31 bits per heavy atom. The van der Waals surface area contributed by atoms with Crippen LogP contribution in [0.25, 0.3) is 22.7 Å². The fraction of sp³-hybridized carbons (Fsp3) is 0.400. The van der Waals surface area contributed by atoms with Gasteiger partial charge in [-0.3, -0.25) is 4.79 Å². The van der Waals surface area contributed by atoms with Crippen LogP contribution in [0.5, 0.6) is 11.6 Å². The molecule has 9 heteroatoms. The summed E-state index contributed by atoms with van der Waals surface area (Å²) >= 11 is 6.32. The number of rotatable bonds is 8. The zero-order valence-electron chi connectivity index (χ0n) is 16.1. The van der Waals surface area contributed by atoms with Crippen LogP contribution < -0.4 is 14.8 Å². The highest BCUT2D eigenvalue weighted by atomic mass is 35.5. The van der Waals surface area contributed by atoms with Gasteiger partial charge in [0.25, 0.3) is 0 Å². The number of ether oxygens (including phenoxy) is 2. The van der Waals surface area contributed by atoms with E-state index in [4.69, 9.17) is 25.5 Å². The number of carbonyl (C=O) groups excluding carboxylic acids is 1. The van der Waals surface area contributed by atoms with E-state index in [2.05, 4.69) is 20.3 Å². The van der Waals surface area contributed by atoms with Crippen molar-refractivity contribution in [3.05, 3.63) is 29.5 Å². The highest BCUT2D eigenvalue weighted by Crippen LogP contribution is 2.33. The van der Waals surface area contributed by atoms with Gasteiger partial charge in [-0.25, -0.2) is 15.0 Å². The van der Waals surface area contributed by atoms with Gasteiger partial charge in [-0.05, 0) is 31.7 Å². The van der Waals surface area contributed by atoms with Crippen LogP contribution in [0.4, 0.5) is 0 Å². The molecule has 29 heavy (non-hydrogen) atoms. The number of fused-ring (bicyclic) bond motifs is 1. The van der Waals surface area contributed by atoms with Crippen molar-refractivity contribution in [1.82, 2.24) is 20.3 Å². The zero-order valence-corrected chi connectivity index (χ0v) is 16.9. The molecular formula is C20H21ClN4O4. The van der Waals surface area contributed by atoms with Crippen molar-refractivity contribution in [3.63, 3.8) is 0 Å². The third-order valence-corrected chi connectivity index (χ3v) is 4.69. The second kappa shape index (κ2) is 8.24. The molecule has 1 atom stereocenters. The molecule has 0 radical (unpaired) electrons. The molecule has 3 aromatic rings. The SMILES string of the molecule is CC(=O)N[C@@H](C)COc1cc2oc(-c3cc(Cl)c(OCC4CC4)cn3)nc2cn1. The molecule has 0 bridgehead atoms. The number of hydrogen-bond acceptors (Lipinski definition) is 7. The van der Waals surface area contributed by atoms with Crippen molar-refractivity contribution < 1.29 is 18.7 Å². The van der Waals surface area contributed by atoms with Gasteiger partial charge in [0.2, 0.25) is 17.7 Å². The van der Waals surface area contributed by atoms with Crippen LogP contribution in [-0.2, 0) is 4.79 Å². The van der Waals surface area contributed by atoms with Crippen LogP contribution in [0, 0.1) is 5.92 Å². The number of pyridine rings is 2. The third-order valence-electron chi connectivity index (χ3n) is 4.39. The number of amides is 1. The van der Waals surface area contributed by atoms with Crippen LogP contribution >= 0.6 is 11.6 Å². The minimum absolute atomic E-state index is 0.112. The lowest BCUT2D eigenvalue weighted by atomic mass is 10.3. The van der Waals surface area contributed by atoms with Gasteiger partial charge >= 0.3 is 0 Å². The molecule has 152 valence electrons. The van der Waals surface area contributed by atoms with Crippen molar-refractivity contribution >= 4 is 28.6 Å². The number of oxazole rings is 1. The van der Waals surface area contributed by atoms with Gasteiger partial charge in [-0.1, -0.05) is 11.6 Å². The van der Waals surface area contributed by atoms with Crippen LogP contribution in [0.15, 0.2) is 28.9 Å². The standard InChI is InChI=1S/C20H21ClN4O4/c1-11(24-12(2)26)9-28-19-6-17-16(7-23-19)25-20(29-17)15-5-14(21)18(8-22-15)27-10-13-3-4-13/h5-8,11,13H,3-4,9-10H2,1-2H3,(H,24,26)/t11-/m0/s1. The van der Waals surface area contributed by atoms with E-state index in [1.54, 1.807) is 24.5 Å². The van der Waals surface area contributed by atoms with E-state index in [9.17, 15) is 4.79 Å². The average Bonchev–Trinajstić information content (AvgIpc) is 3.41. The summed E-state index contributed by atoms with van der Waals surface area (Å²) < 4.78 is 17.1.